The van der Waals surface area contributed by atoms with Crippen LogP contribution in [0.3, 0.4) is 0 Å². The summed E-state index contributed by atoms with van der Waals surface area (Å²) in [6, 6.07) is 68.6. The zero-order chi connectivity index (χ0) is 42.6. The van der Waals surface area contributed by atoms with E-state index in [-0.39, 0.29) is 0 Å². The summed E-state index contributed by atoms with van der Waals surface area (Å²) in [7, 11) is 0. The average molecular weight is 827 g/mol. The molecule has 302 valence electrons. The first-order valence-corrected chi connectivity index (χ1v) is 22.5. The second kappa shape index (κ2) is 13.9. The maximum absolute atomic E-state index is 3.65. The summed E-state index contributed by atoms with van der Waals surface area (Å²) in [4.78, 5) is 0. The molecule has 2 aliphatic rings. The Morgan fingerprint density at radius 2 is 1.03 bits per heavy atom. The van der Waals surface area contributed by atoms with Gasteiger partial charge < -0.3 is 18.3 Å². The number of hydrogen-bond donors (Lipinski definition) is 0. The number of hydrogen-bond acceptors (Lipinski definition) is 0. The van der Waals surface area contributed by atoms with Gasteiger partial charge in [0.25, 0.3) is 0 Å². The van der Waals surface area contributed by atoms with Crippen LogP contribution in [-0.2, 0) is 0 Å². The number of para-hydroxylation sites is 5. The molecular formula is C61H38N4. The van der Waals surface area contributed by atoms with Gasteiger partial charge in [0.1, 0.15) is 5.69 Å². The van der Waals surface area contributed by atoms with Gasteiger partial charge >= 0.3 is 0 Å². The molecule has 2 aliphatic carbocycles. The zero-order valence-corrected chi connectivity index (χ0v) is 35.4. The van der Waals surface area contributed by atoms with Crippen molar-refractivity contribution in [2.45, 2.75) is 19.3 Å². The van der Waals surface area contributed by atoms with Gasteiger partial charge in [0.2, 0.25) is 0 Å². The molecule has 0 amide bonds. The molecule has 0 unspecified atom stereocenters. The topological polar surface area (TPSA) is 19.7 Å². The number of rotatable bonds is 5. The largest absolute Gasteiger partial charge is 0.309 e. The quantitative estimate of drug-likeness (QED) is 0.154. The summed E-state index contributed by atoms with van der Waals surface area (Å²) in [6.45, 7) is 0. The van der Waals surface area contributed by atoms with E-state index < -0.39 is 0 Å². The first-order valence-electron chi connectivity index (χ1n) is 22.5. The van der Waals surface area contributed by atoms with Gasteiger partial charge in [-0.1, -0.05) is 127 Å². The monoisotopic (exact) mass is 826 g/mol. The predicted molar refractivity (Wildman–Crippen MR) is 271 cm³/mol. The summed E-state index contributed by atoms with van der Waals surface area (Å²) in [5.41, 5.74) is 17.5. The van der Waals surface area contributed by atoms with Crippen molar-refractivity contribution in [3.05, 3.63) is 217 Å². The first-order chi connectivity index (χ1) is 32.3. The fraction of sp³-hybridized carbons (Fsp3) is 0.0492. The number of allylic oxidation sites excluding steroid dienone is 5. The second-order valence-corrected chi connectivity index (χ2v) is 17.2. The van der Waals surface area contributed by atoms with Crippen LogP contribution in [0.25, 0.3) is 111 Å². The highest BCUT2D eigenvalue weighted by Gasteiger charge is 2.25. The molecule has 0 saturated heterocycles. The molecule has 65 heavy (non-hydrogen) atoms. The van der Waals surface area contributed by atoms with Crippen LogP contribution in [-0.4, -0.2) is 18.3 Å². The number of nitrogens with zero attached hydrogens (tertiary/aromatic N) is 4. The minimum atomic E-state index is 0.711. The van der Waals surface area contributed by atoms with Crippen molar-refractivity contribution in [3.8, 4) is 28.9 Å². The molecule has 8 aromatic carbocycles. The van der Waals surface area contributed by atoms with E-state index in [1.54, 1.807) is 0 Å². The average Bonchev–Trinajstić information content (AvgIpc) is 4.02. The molecule has 0 atom stereocenters. The summed E-state index contributed by atoms with van der Waals surface area (Å²) >= 11 is 0. The molecule has 0 aliphatic heterocycles. The SMILES string of the molecule is C1#Cc2c(c3cc(-n4c5ccc#cc5c5ccccc54)ccc3n2-c2ccccc2C2=C(n3c4ccccc4c4cc(-n5c6ccccc6c6ccccc65)ccc43)C=CCC2)C=CC1. The highest BCUT2D eigenvalue weighted by atomic mass is 15.0. The van der Waals surface area contributed by atoms with Crippen LogP contribution < -0.4 is 0 Å². The Morgan fingerprint density at radius 1 is 0.446 bits per heavy atom. The summed E-state index contributed by atoms with van der Waals surface area (Å²) < 4.78 is 9.71. The fourth-order valence-electron chi connectivity index (χ4n) is 11.0. The minimum Gasteiger partial charge on any atom is -0.309 e. The van der Waals surface area contributed by atoms with Crippen LogP contribution in [0, 0.1) is 24.0 Å². The van der Waals surface area contributed by atoms with Crippen molar-refractivity contribution >= 4 is 93.7 Å². The third kappa shape index (κ3) is 5.17. The van der Waals surface area contributed by atoms with Gasteiger partial charge in [-0.15, -0.1) is 0 Å². The lowest BCUT2D eigenvalue weighted by molar-refractivity contribution is 1.02. The normalized spacial score (nSPS) is 13.7. The highest BCUT2D eigenvalue weighted by molar-refractivity contribution is 6.14. The molecule has 14 rings (SSSR count). The van der Waals surface area contributed by atoms with Gasteiger partial charge in [-0.3, -0.25) is 0 Å². The van der Waals surface area contributed by atoms with Crippen LogP contribution >= 0.6 is 0 Å². The van der Waals surface area contributed by atoms with E-state index in [0.29, 0.717) is 6.42 Å². The van der Waals surface area contributed by atoms with Crippen LogP contribution in [0.5, 0.6) is 0 Å². The Hall–Kier alpha value is -8.70. The summed E-state index contributed by atoms with van der Waals surface area (Å²) in [6.07, 6.45) is 11.8. The Kier molecular flexibility index (Phi) is 7.67. The van der Waals surface area contributed by atoms with Gasteiger partial charge in [0, 0.05) is 66.9 Å². The maximum Gasteiger partial charge on any atom is 0.105 e. The van der Waals surface area contributed by atoms with E-state index in [1.165, 1.54) is 71.2 Å². The van der Waals surface area contributed by atoms with E-state index >= 15 is 0 Å². The van der Waals surface area contributed by atoms with E-state index in [2.05, 4.69) is 230 Å². The van der Waals surface area contributed by atoms with Gasteiger partial charge in [-0.2, -0.15) is 0 Å². The van der Waals surface area contributed by atoms with Crippen molar-refractivity contribution in [2.24, 2.45) is 0 Å². The zero-order valence-electron chi connectivity index (χ0n) is 35.4. The van der Waals surface area contributed by atoms with Crippen molar-refractivity contribution in [1.29, 1.82) is 0 Å². The van der Waals surface area contributed by atoms with E-state index in [1.807, 2.05) is 6.07 Å². The Bertz CT molecular complexity index is 4050. The molecule has 4 aromatic heterocycles. The van der Waals surface area contributed by atoms with Crippen molar-refractivity contribution in [1.82, 2.24) is 18.3 Å². The smallest absolute Gasteiger partial charge is 0.105 e. The molecule has 12 aromatic rings. The molecule has 4 nitrogen and oxygen atoms in total. The van der Waals surface area contributed by atoms with E-state index in [9.17, 15) is 0 Å². The van der Waals surface area contributed by atoms with E-state index in [4.69, 9.17) is 0 Å². The molecule has 0 bridgehead atoms. The maximum atomic E-state index is 3.65. The standard InChI is InChI=1S/C61H38N4/c1-2-18-48-50-38-40(62-52-27-11-4-19-42(52)43-20-5-12-28-53(43)62)34-36-60(50)64(58(48)26-3-1)56-31-15-8-23-46(56)47-24-9-16-32-57(47)65-59-33-17-10-25-49(59)51-39-41(35-37-61(51)65)63-54-29-13-6-21-44(54)45-22-7-14-30-55(45)63/h2,4,6-8,10-19,21-23,25,27-39H,1,9,24H2. The molecule has 0 spiro atoms. The Morgan fingerprint density at radius 3 is 1.78 bits per heavy atom. The molecular weight excluding hydrogens is 789 g/mol. The van der Waals surface area contributed by atoms with Gasteiger partial charge in [-0.05, 0) is 109 Å². The molecule has 0 radical (unpaired) electrons. The molecule has 0 fully saturated rings. The van der Waals surface area contributed by atoms with Crippen LogP contribution in [0.2, 0.25) is 0 Å². The van der Waals surface area contributed by atoms with Crippen LogP contribution in [0.4, 0.5) is 0 Å². The lowest BCUT2D eigenvalue weighted by atomic mass is 9.93. The minimum absolute atomic E-state index is 0.711. The van der Waals surface area contributed by atoms with Crippen molar-refractivity contribution < 1.29 is 0 Å². The van der Waals surface area contributed by atoms with Crippen molar-refractivity contribution in [3.63, 3.8) is 0 Å². The lowest BCUT2D eigenvalue weighted by Crippen LogP contribution is -2.07. The fourth-order valence-corrected chi connectivity index (χ4v) is 11.0. The third-order valence-corrected chi connectivity index (χ3v) is 13.7. The summed E-state index contributed by atoms with van der Waals surface area (Å²) in [5, 5.41) is 8.44. The summed E-state index contributed by atoms with van der Waals surface area (Å²) in [5.74, 6) is 7.12. The molecule has 0 N–H and O–H groups in total. The predicted octanol–water partition coefficient (Wildman–Crippen LogP) is 15.0. The van der Waals surface area contributed by atoms with E-state index in [0.717, 1.165) is 63.1 Å². The number of fused-ring (bicyclic) bond motifs is 12. The molecule has 4 heteroatoms. The first kappa shape index (κ1) is 35.9. The number of benzene rings is 7. The van der Waals surface area contributed by atoms with Crippen LogP contribution in [0.15, 0.2) is 188 Å². The Labute approximate surface area is 375 Å². The molecule has 0 saturated carbocycles. The van der Waals surface area contributed by atoms with Gasteiger partial charge in [-0.25, -0.2) is 0 Å². The lowest BCUT2D eigenvalue weighted by Gasteiger charge is -2.22. The highest BCUT2D eigenvalue weighted by Crippen LogP contribution is 2.43. The molecule has 4 heterocycles. The number of aromatic nitrogens is 4. The van der Waals surface area contributed by atoms with Crippen molar-refractivity contribution in [2.75, 3.05) is 0 Å². The second-order valence-electron chi connectivity index (χ2n) is 17.2. The van der Waals surface area contributed by atoms with Gasteiger partial charge in [0.15, 0.2) is 0 Å². The third-order valence-electron chi connectivity index (χ3n) is 13.7. The van der Waals surface area contributed by atoms with Crippen LogP contribution in [0.1, 0.15) is 36.1 Å². The van der Waals surface area contributed by atoms with Gasteiger partial charge in [0.05, 0.1) is 49.7 Å². The Balaban J connectivity index is 0.983.